The molecule has 5 nitrogen and oxygen atoms in total. The van der Waals surface area contributed by atoms with Crippen LogP contribution in [0.25, 0.3) is 0 Å². The third-order valence-corrected chi connectivity index (χ3v) is 3.63. The first-order chi connectivity index (χ1) is 8.78. The average molecular weight is 329 g/mol. The van der Waals surface area contributed by atoms with Crippen molar-refractivity contribution in [1.29, 1.82) is 0 Å². The Morgan fingerprint density at radius 1 is 1.42 bits per heavy atom. The van der Waals surface area contributed by atoms with Crippen LogP contribution in [-0.4, -0.2) is 22.6 Å². The molecule has 0 aliphatic carbocycles. The summed E-state index contributed by atoms with van der Waals surface area (Å²) >= 11 is 3.33. The van der Waals surface area contributed by atoms with Crippen molar-refractivity contribution >= 4 is 33.6 Å². The van der Waals surface area contributed by atoms with Gasteiger partial charge in [-0.15, -0.1) is 0 Å². The summed E-state index contributed by atoms with van der Waals surface area (Å²) in [5.74, 6) is -1.06. The number of halogens is 1. The fourth-order valence-corrected chi connectivity index (χ4v) is 1.78. The van der Waals surface area contributed by atoms with Gasteiger partial charge in [0.1, 0.15) is 5.54 Å². The van der Waals surface area contributed by atoms with Gasteiger partial charge in [-0.1, -0.05) is 13.0 Å². The predicted octanol–water partition coefficient (Wildman–Crippen LogP) is 3.13. The molecule has 1 rings (SSSR count). The molecule has 0 aliphatic heterocycles. The fourth-order valence-electron chi connectivity index (χ4n) is 1.43. The minimum absolute atomic E-state index is 0.296. The molecule has 1 unspecified atom stereocenters. The number of carbonyl (C=O) groups is 2. The van der Waals surface area contributed by atoms with Crippen molar-refractivity contribution in [3.8, 4) is 0 Å². The third kappa shape index (κ3) is 3.96. The second kappa shape index (κ2) is 6.06. The van der Waals surface area contributed by atoms with Crippen LogP contribution in [-0.2, 0) is 4.79 Å². The van der Waals surface area contributed by atoms with Crippen LogP contribution in [0, 0.1) is 6.92 Å². The fraction of sp³-hybridized carbons (Fsp3) is 0.385. The van der Waals surface area contributed by atoms with Crippen LogP contribution in [0.5, 0.6) is 0 Å². The van der Waals surface area contributed by atoms with E-state index in [1.807, 2.05) is 19.1 Å². The molecule has 0 fully saturated rings. The van der Waals surface area contributed by atoms with E-state index in [0.717, 1.165) is 10.0 Å². The number of carbonyl (C=O) groups excluding carboxylic acids is 1. The molecule has 19 heavy (non-hydrogen) atoms. The second-order valence-electron chi connectivity index (χ2n) is 4.55. The van der Waals surface area contributed by atoms with Crippen molar-refractivity contribution in [2.75, 3.05) is 5.32 Å². The van der Waals surface area contributed by atoms with E-state index < -0.39 is 17.5 Å². The highest BCUT2D eigenvalue weighted by atomic mass is 79.9. The molecule has 0 spiro atoms. The van der Waals surface area contributed by atoms with Crippen molar-refractivity contribution in [2.24, 2.45) is 0 Å². The van der Waals surface area contributed by atoms with Gasteiger partial charge >= 0.3 is 12.0 Å². The zero-order valence-corrected chi connectivity index (χ0v) is 12.7. The van der Waals surface area contributed by atoms with E-state index in [9.17, 15) is 9.59 Å². The number of aryl methyl sites for hydroxylation is 1. The van der Waals surface area contributed by atoms with Crippen LogP contribution in [0.4, 0.5) is 10.5 Å². The summed E-state index contributed by atoms with van der Waals surface area (Å²) in [6, 6.07) is 4.98. The number of amides is 2. The Labute approximate surface area is 120 Å². The largest absolute Gasteiger partial charge is 0.480 e. The molecule has 0 aliphatic rings. The molecule has 2 amide bonds. The molecule has 0 radical (unpaired) electrons. The number of rotatable bonds is 4. The number of nitrogens with one attached hydrogen (secondary N) is 2. The summed E-state index contributed by atoms with van der Waals surface area (Å²) in [7, 11) is 0. The summed E-state index contributed by atoms with van der Waals surface area (Å²) in [5, 5.41) is 14.2. The average Bonchev–Trinajstić information content (AvgIpc) is 2.33. The van der Waals surface area contributed by atoms with Crippen molar-refractivity contribution in [3.63, 3.8) is 0 Å². The van der Waals surface area contributed by atoms with Gasteiger partial charge in [0.25, 0.3) is 0 Å². The van der Waals surface area contributed by atoms with Crippen LogP contribution >= 0.6 is 15.9 Å². The Morgan fingerprint density at radius 3 is 2.58 bits per heavy atom. The summed E-state index contributed by atoms with van der Waals surface area (Å²) in [6.07, 6.45) is 0.296. The van der Waals surface area contributed by atoms with E-state index >= 15 is 0 Å². The van der Waals surface area contributed by atoms with Crippen LogP contribution in [0.1, 0.15) is 25.8 Å². The van der Waals surface area contributed by atoms with E-state index in [2.05, 4.69) is 26.6 Å². The van der Waals surface area contributed by atoms with E-state index in [1.165, 1.54) is 6.92 Å². The number of hydrogen-bond acceptors (Lipinski definition) is 2. The van der Waals surface area contributed by atoms with Gasteiger partial charge in [0.15, 0.2) is 0 Å². The smallest absolute Gasteiger partial charge is 0.329 e. The molecule has 6 heteroatoms. The Hall–Kier alpha value is -1.56. The Balaban J connectivity index is 2.80. The molecular weight excluding hydrogens is 312 g/mol. The van der Waals surface area contributed by atoms with Crippen LogP contribution in [0.15, 0.2) is 22.7 Å². The number of urea groups is 1. The van der Waals surface area contributed by atoms with E-state index in [-0.39, 0.29) is 0 Å². The van der Waals surface area contributed by atoms with Gasteiger partial charge in [0.05, 0.1) is 5.69 Å². The SMILES string of the molecule is CCC(C)(NC(=O)Nc1cc(C)ccc1Br)C(=O)O. The lowest BCUT2D eigenvalue weighted by Crippen LogP contribution is -2.53. The van der Waals surface area contributed by atoms with Crippen molar-refractivity contribution in [2.45, 2.75) is 32.7 Å². The monoisotopic (exact) mass is 328 g/mol. The first-order valence-corrected chi connectivity index (χ1v) is 6.66. The maximum absolute atomic E-state index is 11.8. The lowest BCUT2D eigenvalue weighted by atomic mass is 10.00. The lowest BCUT2D eigenvalue weighted by molar-refractivity contribution is -0.143. The summed E-state index contributed by atoms with van der Waals surface area (Å²) < 4.78 is 0.738. The molecule has 0 heterocycles. The molecule has 0 aromatic heterocycles. The standard InChI is InChI=1S/C13H17BrN2O3/c1-4-13(3,11(17)18)16-12(19)15-10-7-8(2)5-6-9(10)14/h5-7H,4H2,1-3H3,(H,17,18)(H2,15,16,19). The summed E-state index contributed by atoms with van der Waals surface area (Å²) in [4.78, 5) is 23.0. The molecule has 1 aromatic rings. The zero-order valence-electron chi connectivity index (χ0n) is 11.1. The number of carboxylic acid groups (broad SMARTS) is 1. The lowest BCUT2D eigenvalue weighted by Gasteiger charge is -2.24. The molecule has 1 atom stereocenters. The number of benzene rings is 1. The highest BCUT2D eigenvalue weighted by Gasteiger charge is 2.32. The molecule has 0 bridgehead atoms. The topological polar surface area (TPSA) is 78.4 Å². The Morgan fingerprint density at radius 2 is 2.05 bits per heavy atom. The number of anilines is 1. The van der Waals surface area contributed by atoms with Crippen LogP contribution in [0.2, 0.25) is 0 Å². The van der Waals surface area contributed by atoms with Crippen LogP contribution < -0.4 is 10.6 Å². The zero-order chi connectivity index (χ0) is 14.6. The first kappa shape index (κ1) is 15.5. The van der Waals surface area contributed by atoms with E-state index in [0.29, 0.717) is 12.1 Å². The quantitative estimate of drug-likeness (QED) is 0.794. The normalized spacial score (nSPS) is 13.5. The summed E-state index contributed by atoms with van der Waals surface area (Å²) in [6.45, 7) is 5.08. The van der Waals surface area contributed by atoms with Gasteiger partial charge in [0.2, 0.25) is 0 Å². The predicted molar refractivity (Wildman–Crippen MR) is 77.4 cm³/mol. The van der Waals surface area contributed by atoms with E-state index in [1.54, 1.807) is 13.0 Å². The van der Waals surface area contributed by atoms with Gasteiger partial charge in [-0.05, 0) is 53.9 Å². The molecule has 0 saturated heterocycles. The van der Waals surface area contributed by atoms with E-state index in [4.69, 9.17) is 5.11 Å². The number of hydrogen-bond donors (Lipinski definition) is 3. The van der Waals surface area contributed by atoms with Gasteiger partial charge in [-0.2, -0.15) is 0 Å². The molecular formula is C13H17BrN2O3. The van der Waals surface area contributed by atoms with Crippen molar-refractivity contribution in [3.05, 3.63) is 28.2 Å². The minimum Gasteiger partial charge on any atom is -0.480 e. The van der Waals surface area contributed by atoms with Gasteiger partial charge in [-0.25, -0.2) is 9.59 Å². The molecule has 1 aromatic carbocycles. The second-order valence-corrected chi connectivity index (χ2v) is 5.41. The summed E-state index contributed by atoms with van der Waals surface area (Å²) in [5.41, 5.74) is 0.316. The first-order valence-electron chi connectivity index (χ1n) is 5.87. The van der Waals surface area contributed by atoms with Crippen LogP contribution in [0.3, 0.4) is 0 Å². The maximum atomic E-state index is 11.8. The maximum Gasteiger partial charge on any atom is 0.329 e. The van der Waals surface area contributed by atoms with Gasteiger partial charge < -0.3 is 15.7 Å². The van der Waals surface area contributed by atoms with Gasteiger partial charge in [0, 0.05) is 4.47 Å². The highest BCUT2D eigenvalue weighted by Crippen LogP contribution is 2.23. The highest BCUT2D eigenvalue weighted by molar-refractivity contribution is 9.10. The molecule has 0 saturated carbocycles. The number of aliphatic carboxylic acids is 1. The van der Waals surface area contributed by atoms with Crippen molar-refractivity contribution in [1.82, 2.24) is 5.32 Å². The Bertz CT molecular complexity index is 505. The molecule has 3 N–H and O–H groups in total. The minimum atomic E-state index is -1.28. The number of carboxylic acids is 1. The molecule has 104 valence electrons. The van der Waals surface area contributed by atoms with Gasteiger partial charge in [-0.3, -0.25) is 0 Å². The third-order valence-electron chi connectivity index (χ3n) is 2.94. The van der Waals surface area contributed by atoms with Crippen molar-refractivity contribution < 1.29 is 14.7 Å². The Kier molecular flexibility index (Phi) is 4.94.